The largest absolute Gasteiger partial charge is 0.345 e. The van der Waals surface area contributed by atoms with Crippen LogP contribution < -0.4 is 5.32 Å². The third-order valence-corrected chi connectivity index (χ3v) is 4.50. The van der Waals surface area contributed by atoms with E-state index in [4.69, 9.17) is 11.6 Å². The number of amides is 1. The van der Waals surface area contributed by atoms with Crippen molar-refractivity contribution in [3.05, 3.63) is 31.7 Å². The molecular formula is C9H8Br2ClN5O. The molecule has 0 aliphatic carbocycles. The Labute approximate surface area is 124 Å². The Morgan fingerprint density at radius 1 is 1.61 bits per heavy atom. The number of nitrogens with one attached hydrogen (secondary N) is 2. The molecule has 96 valence electrons. The van der Waals surface area contributed by atoms with E-state index in [1.165, 1.54) is 6.20 Å². The molecule has 2 aromatic rings. The van der Waals surface area contributed by atoms with Gasteiger partial charge in [-0.1, -0.05) is 11.6 Å². The number of carbonyl (C=O) groups excluding carboxylic acids is 1. The second-order valence-electron chi connectivity index (χ2n) is 3.45. The Morgan fingerprint density at radius 2 is 2.33 bits per heavy atom. The van der Waals surface area contributed by atoms with Gasteiger partial charge in [-0.25, -0.2) is 0 Å². The van der Waals surface area contributed by atoms with Crippen molar-refractivity contribution in [1.29, 1.82) is 0 Å². The molecular weight excluding hydrogens is 389 g/mol. The fraction of sp³-hybridized carbons (Fsp3) is 0.222. The van der Waals surface area contributed by atoms with Crippen LogP contribution in [0.15, 0.2) is 15.3 Å². The Morgan fingerprint density at radius 3 is 2.83 bits per heavy atom. The lowest BCUT2D eigenvalue weighted by atomic mass is 10.3. The Bertz CT molecular complexity index is 574. The Kier molecular flexibility index (Phi) is 4.08. The van der Waals surface area contributed by atoms with Gasteiger partial charge < -0.3 is 5.32 Å². The van der Waals surface area contributed by atoms with Gasteiger partial charge in [0.2, 0.25) is 0 Å². The molecule has 0 aromatic carbocycles. The second-order valence-corrected chi connectivity index (χ2v) is 5.44. The molecule has 2 N–H and O–H groups in total. The maximum absolute atomic E-state index is 11.9. The van der Waals surface area contributed by atoms with Crippen LogP contribution >= 0.6 is 43.5 Å². The quantitative estimate of drug-likeness (QED) is 0.834. The summed E-state index contributed by atoms with van der Waals surface area (Å²) in [6, 6.07) is 0. The van der Waals surface area contributed by atoms with Gasteiger partial charge in [0, 0.05) is 7.05 Å². The first-order valence-corrected chi connectivity index (χ1v) is 6.81. The van der Waals surface area contributed by atoms with E-state index in [0.717, 1.165) is 5.69 Å². The number of rotatable bonds is 3. The minimum absolute atomic E-state index is 0.278. The summed E-state index contributed by atoms with van der Waals surface area (Å²) in [5.74, 6) is -0.305. The lowest BCUT2D eigenvalue weighted by Crippen LogP contribution is -2.25. The van der Waals surface area contributed by atoms with Gasteiger partial charge in [0.05, 0.1) is 27.9 Å². The average Bonchev–Trinajstić information content (AvgIpc) is 2.82. The Hall–Kier alpha value is -0.860. The number of hydrogen-bond acceptors (Lipinski definition) is 3. The van der Waals surface area contributed by atoms with Crippen molar-refractivity contribution in [2.75, 3.05) is 0 Å². The number of nitrogens with zero attached hydrogens (tertiary/aromatic N) is 3. The fourth-order valence-corrected chi connectivity index (χ4v) is 2.21. The molecule has 0 aliphatic rings. The van der Waals surface area contributed by atoms with Gasteiger partial charge in [-0.3, -0.25) is 14.6 Å². The molecule has 9 heteroatoms. The summed E-state index contributed by atoms with van der Waals surface area (Å²) in [5, 5.41) is 13.7. The topological polar surface area (TPSA) is 75.6 Å². The van der Waals surface area contributed by atoms with Crippen LogP contribution in [-0.4, -0.2) is 25.9 Å². The predicted molar refractivity (Wildman–Crippen MR) is 73.4 cm³/mol. The predicted octanol–water partition coefficient (Wildman–Crippen LogP) is 2.25. The van der Waals surface area contributed by atoms with Crippen molar-refractivity contribution in [3.8, 4) is 0 Å². The average molecular weight is 397 g/mol. The van der Waals surface area contributed by atoms with E-state index in [9.17, 15) is 4.79 Å². The van der Waals surface area contributed by atoms with Crippen molar-refractivity contribution in [1.82, 2.24) is 25.3 Å². The number of aromatic nitrogens is 4. The zero-order valence-electron chi connectivity index (χ0n) is 9.17. The first-order chi connectivity index (χ1) is 8.50. The lowest BCUT2D eigenvalue weighted by Gasteiger charge is -2.04. The first kappa shape index (κ1) is 13.6. The monoisotopic (exact) mass is 395 g/mol. The molecule has 18 heavy (non-hydrogen) atoms. The van der Waals surface area contributed by atoms with Gasteiger partial charge >= 0.3 is 0 Å². The number of aromatic amines is 1. The smallest absolute Gasteiger partial charge is 0.273 e. The molecule has 2 heterocycles. The minimum Gasteiger partial charge on any atom is -0.345 e. The van der Waals surface area contributed by atoms with E-state index >= 15 is 0 Å². The highest BCUT2D eigenvalue weighted by molar-refractivity contribution is 9.13. The van der Waals surface area contributed by atoms with Crippen LogP contribution in [0.1, 0.15) is 16.2 Å². The summed E-state index contributed by atoms with van der Waals surface area (Å²) in [4.78, 5) is 11.9. The summed E-state index contributed by atoms with van der Waals surface area (Å²) in [6.45, 7) is 0.283. The van der Waals surface area contributed by atoms with Crippen molar-refractivity contribution >= 4 is 49.4 Å². The number of carbonyl (C=O) groups is 1. The van der Waals surface area contributed by atoms with E-state index in [-0.39, 0.29) is 18.1 Å². The molecule has 0 fully saturated rings. The molecule has 2 aromatic heterocycles. The summed E-state index contributed by atoms with van der Waals surface area (Å²) in [7, 11) is 1.76. The number of hydrogen-bond donors (Lipinski definition) is 2. The molecule has 0 saturated carbocycles. The van der Waals surface area contributed by atoms with Gasteiger partial charge in [-0.15, -0.1) is 0 Å². The van der Waals surface area contributed by atoms with E-state index in [1.807, 2.05) is 0 Å². The van der Waals surface area contributed by atoms with Crippen LogP contribution in [0.3, 0.4) is 0 Å². The van der Waals surface area contributed by atoms with Crippen LogP contribution in [0, 0.1) is 0 Å². The molecule has 0 atom stereocenters. The summed E-state index contributed by atoms with van der Waals surface area (Å²) in [5.41, 5.74) is 1.01. The number of halogens is 3. The minimum atomic E-state index is -0.305. The van der Waals surface area contributed by atoms with Crippen molar-refractivity contribution < 1.29 is 4.79 Å². The third kappa shape index (κ3) is 2.60. The third-order valence-electron chi connectivity index (χ3n) is 2.31. The summed E-state index contributed by atoms with van der Waals surface area (Å²) in [6.07, 6.45) is 1.53. The fourth-order valence-electron chi connectivity index (χ4n) is 1.34. The highest BCUT2D eigenvalue weighted by atomic mass is 79.9. The lowest BCUT2D eigenvalue weighted by molar-refractivity contribution is 0.0944. The highest BCUT2D eigenvalue weighted by Crippen LogP contribution is 2.23. The molecule has 2 rings (SSSR count). The van der Waals surface area contributed by atoms with E-state index < -0.39 is 0 Å². The standard InChI is InChI=1S/C9H8Br2ClN5O/c1-17-5(4(12)2-14-17)3-13-9(18)7-6(10)8(11)16-15-7/h2H,3H2,1H3,(H,13,18)(H,15,16). The van der Waals surface area contributed by atoms with Gasteiger partial charge in [-0.05, 0) is 31.9 Å². The SMILES string of the molecule is Cn1ncc(Cl)c1CNC(=O)c1n[nH]c(Br)c1Br. The zero-order chi connectivity index (χ0) is 13.3. The second kappa shape index (κ2) is 5.41. The van der Waals surface area contributed by atoms with Crippen LogP contribution in [0.5, 0.6) is 0 Å². The van der Waals surface area contributed by atoms with Crippen molar-refractivity contribution in [2.45, 2.75) is 6.54 Å². The van der Waals surface area contributed by atoms with Crippen LogP contribution in [0.2, 0.25) is 5.02 Å². The highest BCUT2D eigenvalue weighted by Gasteiger charge is 2.17. The van der Waals surface area contributed by atoms with Crippen molar-refractivity contribution in [3.63, 3.8) is 0 Å². The Balaban J connectivity index is 2.07. The van der Waals surface area contributed by atoms with E-state index in [1.54, 1.807) is 11.7 Å². The van der Waals surface area contributed by atoms with Gasteiger partial charge in [0.1, 0.15) is 4.60 Å². The molecule has 0 bridgehead atoms. The number of aryl methyl sites for hydroxylation is 1. The van der Waals surface area contributed by atoms with Crippen LogP contribution in [-0.2, 0) is 13.6 Å². The van der Waals surface area contributed by atoms with Gasteiger partial charge in [0.25, 0.3) is 5.91 Å². The molecule has 1 amide bonds. The van der Waals surface area contributed by atoms with Crippen LogP contribution in [0.4, 0.5) is 0 Å². The molecule has 6 nitrogen and oxygen atoms in total. The van der Waals surface area contributed by atoms with E-state index in [2.05, 4.69) is 52.5 Å². The number of H-pyrrole nitrogens is 1. The zero-order valence-corrected chi connectivity index (χ0v) is 13.1. The summed E-state index contributed by atoms with van der Waals surface area (Å²) < 4.78 is 2.81. The maximum atomic E-state index is 11.9. The molecule has 0 spiro atoms. The molecule has 0 radical (unpaired) electrons. The van der Waals surface area contributed by atoms with E-state index in [0.29, 0.717) is 14.1 Å². The van der Waals surface area contributed by atoms with Gasteiger partial charge in [0.15, 0.2) is 5.69 Å². The molecule has 0 aliphatic heterocycles. The van der Waals surface area contributed by atoms with Crippen molar-refractivity contribution in [2.24, 2.45) is 7.05 Å². The first-order valence-electron chi connectivity index (χ1n) is 4.84. The van der Waals surface area contributed by atoms with Crippen LogP contribution in [0.25, 0.3) is 0 Å². The molecule has 0 saturated heterocycles. The van der Waals surface area contributed by atoms with Gasteiger partial charge in [-0.2, -0.15) is 10.2 Å². The molecule has 0 unspecified atom stereocenters. The maximum Gasteiger partial charge on any atom is 0.273 e. The summed E-state index contributed by atoms with van der Waals surface area (Å²) >= 11 is 12.4. The normalized spacial score (nSPS) is 10.7.